The number of ketones is 1. The van der Waals surface area contributed by atoms with Crippen LogP contribution >= 0.6 is 11.3 Å². The maximum absolute atomic E-state index is 13.2. The normalized spacial score (nSPS) is 10.8. The van der Waals surface area contributed by atoms with E-state index in [1.807, 2.05) is 24.3 Å². The Morgan fingerprint density at radius 2 is 1.79 bits per heavy atom. The summed E-state index contributed by atoms with van der Waals surface area (Å²) in [6, 6.07) is 10.7. The summed E-state index contributed by atoms with van der Waals surface area (Å²) in [4.78, 5) is 12.3. The molecule has 0 saturated heterocycles. The van der Waals surface area contributed by atoms with Gasteiger partial charge in [-0.3, -0.25) is 4.79 Å². The average molecular weight is 274 g/mol. The molecule has 0 spiro atoms. The van der Waals surface area contributed by atoms with Gasteiger partial charge in [0.15, 0.2) is 17.4 Å². The molecule has 0 saturated carbocycles. The van der Waals surface area contributed by atoms with E-state index in [-0.39, 0.29) is 11.3 Å². The minimum absolute atomic E-state index is 0.155. The lowest BCUT2D eigenvalue weighted by atomic mass is 10.0. The van der Waals surface area contributed by atoms with E-state index in [0.29, 0.717) is 5.56 Å². The second-order valence-corrected chi connectivity index (χ2v) is 5.01. The Morgan fingerprint density at radius 3 is 2.58 bits per heavy atom. The molecule has 3 aromatic rings. The molecule has 0 fully saturated rings. The molecular formula is C15H8F2OS. The smallest absolute Gasteiger partial charge is 0.194 e. The van der Waals surface area contributed by atoms with Gasteiger partial charge in [-0.25, -0.2) is 8.78 Å². The molecule has 1 nitrogen and oxygen atoms in total. The number of halogens is 2. The average Bonchev–Trinajstić information content (AvgIpc) is 2.85. The quantitative estimate of drug-likeness (QED) is 0.633. The Labute approximate surface area is 112 Å². The van der Waals surface area contributed by atoms with Gasteiger partial charge in [0.05, 0.1) is 0 Å². The van der Waals surface area contributed by atoms with Gasteiger partial charge in [-0.1, -0.05) is 18.2 Å². The number of carbonyl (C=O) groups excluding carboxylic acids is 1. The van der Waals surface area contributed by atoms with Crippen LogP contribution in [0, 0.1) is 11.6 Å². The van der Waals surface area contributed by atoms with Crippen LogP contribution in [0.5, 0.6) is 0 Å². The molecule has 19 heavy (non-hydrogen) atoms. The van der Waals surface area contributed by atoms with E-state index in [9.17, 15) is 13.6 Å². The molecule has 2 aromatic carbocycles. The maximum Gasteiger partial charge on any atom is 0.194 e. The molecule has 3 rings (SSSR count). The topological polar surface area (TPSA) is 17.1 Å². The molecule has 4 heteroatoms. The Kier molecular flexibility index (Phi) is 2.87. The first kappa shape index (κ1) is 12.0. The molecule has 0 amide bonds. The van der Waals surface area contributed by atoms with E-state index in [1.54, 1.807) is 5.38 Å². The van der Waals surface area contributed by atoms with Gasteiger partial charge in [-0.15, -0.1) is 11.3 Å². The lowest BCUT2D eigenvalue weighted by Crippen LogP contribution is -2.01. The Morgan fingerprint density at radius 1 is 1.00 bits per heavy atom. The zero-order chi connectivity index (χ0) is 13.4. The van der Waals surface area contributed by atoms with E-state index in [2.05, 4.69) is 0 Å². The van der Waals surface area contributed by atoms with E-state index >= 15 is 0 Å². The number of benzene rings is 2. The molecule has 1 aromatic heterocycles. The molecule has 0 N–H and O–H groups in total. The van der Waals surface area contributed by atoms with Crippen LogP contribution in [0.2, 0.25) is 0 Å². The summed E-state index contributed by atoms with van der Waals surface area (Å²) in [5, 5.41) is 2.58. The van der Waals surface area contributed by atoms with Gasteiger partial charge in [0.1, 0.15) is 0 Å². The van der Waals surface area contributed by atoms with E-state index in [0.717, 1.165) is 22.2 Å². The molecule has 0 radical (unpaired) electrons. The molecule has 0 unspecified atom stereocenters. The standard InChI is InChI=1S/C15H8F2OS/c16-12-6-5-9(7-13(12)17)15(18)11-8-19-14-4-2-1-3-10(11)14/h1-8H. The van der Waals surface area contributed by atoms with Crippen LogP contribution in [-0.4, -0.2) is 5.78 Å². The van der Waals surface area contributed by atoms with Gasteiger partial charge < -0.3 is 0 Å². The fraction of sp³-hybridized carbons (Fsp3) is 0. The van der Waals surface area contributed by atoms with E-state index in [1.165, 1.54) is 17.4 Å². The summed E-state index contributed by atoms with van der Waals surface area (Å²) in [7, 11) is 0. The number of carbonyl (C=O) groups is 1. The Balaban J connectivity index is 2.11. The van der Waals surface area contributed by atoms with Crippen molar-refractivity contribution in [1.29, 1.82) is 0 Å². The first-order valence-electron chi connectivity index (χ1n) is 5.63. The third-order valence-electron chi connectivity index (χ3n) is 2.91. The highest BCUT2D eigenvalue weighted by atomic mass is 32.1. The highest BCUT2D eigenvalue weighted by molar-refractivity contribution is 7.17. The van der Waals surface area contributed by atoms with Crippen molar-refractivity contribution in [2.24, 2.45) is 0 Å². The van der Waals surface area contributed by atoms with Crippen molar-refractivity contribution >= 4 is 27.2 Å². The number of hydrogen-bond acceptors (Lipinski definition) is 2. The summed E-state index contributed by atoms with van der Waals surface area (Å²) >= 11 is 1.46. The maximum atomic E-state index is 13.2. The van der Waals surface area contributed by atoms with E-state index in [4.69, 9.17) is 0 Å². The van der Waals surface area contributed by atoms with Gasteiger partial charge in [-0.2, -0.15) is 0 Å². The predicted octanol–water partition coefficient (Wildman–Crippen LogP) is 4.41. The predicted molar refractivity (Wildman–Crippen MR) is 71.6 cm³/mol. The van der Waals surface area contributed by atoms with Crippen molar-refractivity contribution in [3.63, 3.8) is 0 Å². The van der Waals surface area contributed by atoms with Crippen LogP contribution in [0.15, 0.2) is 47.8 Å². The summed E-state index contributed by atoms with van der Waals surface area (Å²) in [5.41, 5.74) is 0.675. The van der Waals surface area contributed by atoms with Crippen LogP contribution in [0.4, 0.5) is 8.78 Å². The van der Waals surface area contributed by atoms with Crippen LogP contribution in [-0.2, 0) is 0 Å². The molecule has 94 valence electrons. The Bertz CT molecular complexity index is 777. The van der Waals surface area contributed by atoms with Crippen molar-refractivity contribution < 1.29 is 13.6 Å². The first-order chi connectivity index (χ1) is 9.16. The summed E-state index contributed by atoms with van der Waals surface area (Å²) in [6.07, 6.45) is 0. The monoisotopic (exact) mass is 274 g/mol. The third-order valence-corrected chi connectivity index (χ3v) is 3.87. The molecule has 0 aliphatic heterocycles. The zero-order valence-electron chi connectivity index (χ0n) is 9.69. The van der Waals surface area contributed by atoms with Gasteiger partial charge in [-0.05, 0) is 24.3 Å². The van der Waals surface area contributed by atoms with E-state index < -0.39 is 11.6 Å². The number of rotatable bonds is 2. The summed E-state index contributed by atoms with van der Waals surface area (Å²) in [6.45, 7) is 0. The van der Waals surface area contributed by atoms with Gasteiger partial charge in [0, 0.05) is 26.6 Å². The molecule has 0 aliphatic carbocycles. The van der Waals surface area contributed by atoms with Crippen LogP contribution < -0.4 is 0 Å². The summed E-state index contributed by atoms with van der Waals surface area (Å²) in [5.74, 6) is -2.26. The SMILES string of the molecule is O=C(c1ccc(F)c(F)c1)c1csc2ccccc12. The second-order valence-electron chi connectivity index (χ2n) is 4.10. The fourth-order valence-electron chi connectivity index (χ4n) is 1.95. The molecule has 0 aliphatic rings. The number of fused-ring (bicyclic) bond motifs is 1. The Hall–Kier alpha value is -2.07. The van der Waals surface area contributed by atoms with Crippen LogP contribution in [0.1, 0.15) is 15.9 Å². The first-order valence-corrected chi connectivity index (χ1v) is 6.51. The summed E-state index contributed by atoms with van der Waals surface area (Å²) < 4.78 is 27.0. The van der Waals surface area contributed by atoms with Crippen molar-refractivity contribution in [2.45, 2.75) is 0 Å². The number of thiophene rings is 1. The number of hydrogen-bond donors (Lipinski definition) is 0. The highest BCUT2D eigenvalue weighted by Crippen LogP contribution is 2.27. The van der Waals surface area contributed by atoms with Gasteiger partial charge in [0.2, 0.25) is 0 Å². The zero-order valence-corrected chi connectivity index (χ0v) is 10.5. The lowest BCUT2D eigenvalue weighted by Gasteiger charge is -2.01. The molecular weight excluding hydrogens is 266 g/mol. The van der Waals surface area contributed by atoms with Crippen molar-refractivity contribution in [3.05, 3.63) is 70.6 Å². The van der Waals surface area contributed by atoms with Gasteiger partial charge >= 0.3 is 0 Å². The van der Waals surface area contributed by atoms with Gasteiger partial charge in [0.25, 0.3) is 0 Å². The van der Waals surface area contributed by atoms with Crippen LogP contribution in [0.3, 0.4) is 0 Å². The minimum Gasteiger partial charge on any atom is -0.289 e. The van der Waals surface area contributed by atoms with Crippen molar-refractivity contribution in [3.8, 4) is 0 Å². The largest absolute Gasteiger partial charge is 0.289 e. The fourth-order valence-corrected chi connectivity index (χ4v) is 2.89. The molecule has 1 heterocycles. The van der Waals surface area contributed by atoms with Crippen molar-refractivity contribution in [2.75, 3.05) is 0 Å². The highest BCUT2D eigenvalue weighted by Gasteiger charge is 2.15. The third kappa shape index (κ3) is 2.04. The molecule has 0 atom stereocenters. The molecule has 0 bridgehead atoms. The van der Waals surface area contributed by atoms with Crippen LogP contribution in [0.25, 0.3) is 10.1 Å². The minimum atomic E-state index is -1.01. The van der Waals surface area contributed by atoms with Crippen molar-refractivity contribution in [1.82, 2.24) is 0 Å². The lowest BCUT2D eigenvalue weighted by molar-refractivity contribution is 0.104. The second kappa shape index (κ2) is 4.55.